The quantitative estimate of drug-likeness (QED) is 0.789. The van der Waals surface area contributed by atoms with Gasteiger partial charge in [-0.25, -0.2) is 22.8 Å². The highest BCUT2D eigenvalue weighted by molar-refractivity contribution is 7.91. The van der Waals surface area contributed by atoms with Crippen molar-refractivity contribution >= 4 is 43.8 Å². The van der Waals surface area contributed by atoms with Gasteiger partial charge in [0.15, 0.2) is 15.0 Å². The number of thiazole rings is 1. The van der Waals surface area contributed by atoms with E-state index in [4.69, 9.17) is 0 Å². The molecule has 1 saturated heterocycles. The number of sulfone groups is 1. The lowest BCUT2D eigenvalue weighted by molar-refractivity contribution is -0.133. The second kappa shape index (κ2) is 7.64. The summed E-state index contributed by atoms with van der Waals surface area (Å²) >= 11 is 1.19. The van der Waals surface area contributed by atoms with Crippen LogP contribution in [0.15, 0.2) is 34.7 Å². The molecule has 2 aliphatic heterocycles. The predicted molar refractivity (Wildman–Crippen MR) is 107 cm³/mol. The Labute approximate surface area is 170 Å². The van der Waals surface area contributed by atoms with Gasteiger partial charge in [0, 0.05) is 23.8 Å². The zero-order chi connectivity index (χ0) is 20.6. The summed E-state index contributed by atoms with van der Waals surface area (Å²) in [7, 11) is -3.18. The van der Waals surface area contributed by atoms with E-state index in [-0.39, 0.29) is 41.8 Å². The topological polar surface area (TPSA) is 109 Å². The van der Waals surface area contributed by atoms with Gasteiger partial charge in [0.25, 0.3) is 5.91 Å². The third-order valence-electron chi connectivity index (χ3n) is 4.72. The van der Waals surface area contributed by atoms with E-state index in [0.717, 1.165) is 5.01 Å². The fraction of sp³-hybridized carbons (Fsp3) is 0.333. The summed E-state index contributed by atoms with van der Waals surface area (Å²) < 4.78 is 36.8. The minimum Gasteiger partial charge on any atom is -0.297 e. The first-order valence-corrected chi connectivity index (χ1v) is 11.6. The number of nitrogens with one attached hydrogen (secondary N) is 1. The van der Waals surface area contributed by atoms with Crippen molar-refractivity contribution in [1.29, 1.82) is 0 Å². The normalized spacial score (nSPS) is 21.1. The van der Waals surface area contributed by atoms with Crippen molar-refractivity contribution in [2.24, 2.45) is 5.10 Å². The summed E-state index contributed by atoms with van der Waals surface area (Å²) in [6.45, 7) is 0. The number of nitrogens with zero attached hydrogens (tertiary/aromatic N) is 3. The van der Waals surface area contributed by atoms with Crippen molar-refractivity contribution in [1.82, 2.24) is 9.99 Å². The molecule has 2 amide bonds. The molecule has 3 heterocycles. The lowest BCUT2D eigenvalue weighted by atomic mass is 10.1. The summed E-state index contributed by atoms with van der Waals surface area (Å²) in [6.07, 6.45) is 0.577. The van der Waals surface area contributed by atoms with Crippen LogP contribution in [0.1, 0.15) is 19.3 Å². The molecule has 0 saturated carbocycles. The summed E-state index contributed by atoms with van der Waals surface area (Å²) in [6, 6.07) is 5.45. The van der Waals surface area contributed by atoms with E-state index >= 15 is 0 Å². The third kappa shape index (κ3) is 4.35. The molecule has 1 fully saturated rings. The fourth-order valence-electron chi connectivity index (χ4n) is 3.27. The van der Waals surface area contributed by atoms with Gasteiger partial charge in [-0.15, -0.1) is 11.3 Å². The van der Waals surface area contributed by atoms with E-state index in [1.165, 1.54) is 23.5 Å². The zero-order valence-corrected chi connectivity index (χ0v) is 16.8. The highest BCUT2D eigenvalue weighted by atomic mass is 32.2. The smallest absolute Gasteiger partial charge is 0.273 e. The lowest BCUT2D eigenvalue weighted by Crippen LogP contribution is -2.42. The number of hydrazone groups is 1. The largest absolute Gasteiger partial charge is 0.297 e. The van der Waals surface area contributed by atoms with Crippen LogP contribution < -0.4 is 5.32 Å². The number of benzene rings is 1. The molecule has 152 valence electrons. The van der Waals surface area contributed by atoms with Crippen LogP contribution in [0.2, 0.25) is 0 Å². The first-order valence-electron chi connectivity index (χ1n) is 8.93. The zero-order valence-electron chi connectivity index (χ0n) is 15.2. The van der Waals surface area contributed by atoms with Crippen molar-refractivity contribution in [2.75, 3.05) is 16.8 Å². The number of carbonyl (C=O) groups is 2. The number of halogens is 1. The molecule has 1 atom stereocenters. The summed E-state index contributed by atoms with van der Waals surface area (Å²) in [5.41, 5.74) is 1.27. The van der Waals surface area contributed by atoms with Crippen LogP contribution >= 0.6 is 11.3 Å². The number of anilines is 1. The maximum Gasteiger partial charge on any atom is 0.273 e. The van der Waals surface area contributed by atoms with Crippen LogP contribution in [0.5, 0.6) is 0 Å². The van der Waals surface area contributed by atoms with Gasteiger partial charge in [-0.05, 0) is 18.6 Å². The van der Waals surface area contributed by atoms with E-state index < -0.39 is 21.8 Å². The Balaban J connectivity index is 1.48. The molecule has 0 radical (unpaired) electrons. The Morgan fingerprint density at radius 1 is 1.31 bits per heavy atom. The van der Waals surface area contributed by atoms with Crippen molar-refractivity contribution in [3.8, 4) is 11.3 Å². The molecule has 1 N–H and O–H groups in total. The average molecular weight is 436 g/mol. The van der Waals surface area contributed by atoms with E-state index in [1.54, 1.807) is 17.5 Å². The molecule has 8 nitrogen and oxygen atoms in total. The summed E-state index contributed by atoms with van der Waals surface area (Å²) in [4.78, 5) is 29.0. The van der Waals surface area contributed by atoms with Crippen LogP contribution in [0, 0.1) is 5.82 Å². The van der Waals surface area contributed by atoms with Gasteiger partial charge in [-0.2, -0.15) is 5.10 Å². The van der Waals surface area contributed by atoms with Gasteiger partial charge in [-0.3, -0.25) is 14.9 Å². The first-order chi connectivity index (χ1) is 13.8. The number of hydrogen-bond acceptors (Lipinski definition) is 7. The molecule has 1 aromatic heterocycles. The van der Waals surface area contributed by atoms with E-state index in [9.17, 15) is 22.4 Å². The highest BCUT2D eigenvalue weighted by Crippen LogP contribution is 2.26. The second-order valence-electron chi connectivity index (χ2n) is 6.84. The number of aromatic nitrogens is 1. The number of amides is 2. The number of rotatable bonds is 4. The van der Waals surface area contributed by atoms with Crippen LogP contribution in [-0.2, 0) is 19.4 Å². The molecule has 1 unspecified atom stereocenters. The molecule has 4 rings (SSSR count). The van der Waals surface area contributed by atoms with Crippen molar-refractivity contribution in [2.45, 2.75) is 25.3 Å². The van der Waals surface area contributed by atoms with Gasteiger partial charge in [0.05, 0.1) is 23.2 Å². The molecule has 2 aromatic rings. The lowest BCUT2D eigenvalue weighted by Gasteiger charge is -2.27. The molecular weight excluding hydrogens is 419 g/mol. The van der Waals surface area contributed by atoms with Crippen LogP contribution in [-0.4, -0.2) is 53.5 Å². The first kappa shape index (κ1) is 19.6. The Kier molecular flexibility index (Phi) is 5.17. The van der Waals surface area contributed by atoms with Crippen LogP contribution in [0.3, 0.4) is 0 Å². The Morgan fingerprint density at radius 3 is 2.86 bits per heavy atom. The average Bonchev–Trinajstić information content (AvgIpc) is 3.28. The van der Waals surface area contributed by atoms with Crippen LogP contribution in [0.25, 0.3) is 11.3 Å². The maximum absolute atomic E-state index is 13.4. The van der Waals surface area contributed by atoms with Crippen molar-refractivity contribution in [3.63, 3.8) is 0 Å². The van der Waals surface area contributed by atoms with Gasteiger partial charge in [0.2, 0.25) is 5.91 Å². The molecule has 0 aliphatic carbocycles. The summed E-state index contributed by atoms with van der Waals surface area (Å²) in [5, 5.41) is 9.95. The number of carbonyl (C=O) groups excluding carboxylic acids is 2. The monoisotopic (exact) mass is 436 g/mol. The SMILES string of the molecule is O=C(Nc1nc(-c2cccc(F)c2)cs1)C1=NN(C2CCS(=O)(=O)C2)C(=O)CC1. The molecular formula is C18H17FN4O4S2. The van der Waals surface area contributed by atoms with Crippen molar-refractivity contribution < 1.29 is 22.4 Å². The van der Waals surface area contributed by atoms with Gasteiger partial charge >= 0.3 is 0 Å². The van der Waals surface area contributed by atoms with Gasteiger partial charge in [0.1, 0.15) is 11.5 Å². The van der Waals surface area contributed by atoms with E-state index in [1.807, 2.05) is 0 Å². The molecule has 2 aliphatic rings. The Hall–Kier alpha value is -2.66. The molecule has 11 heteroatoms. The minimum atomic E-state index is -3.18. The molecule has 1 aromatic carbocycles. The van der Waals surface area contributed by atoms with E-state index in [2.05, 4.69) is 15.4 Å². The summed E-state index contributed by atoms with van der Waals surface area (Å²) in [5.74, 6) is -1.28. The third-order valence-corrected chi connectivity index (χ3v) is 7.23. The second-order valence-corrected chi connectivity index (χ2v) is 9.93. The Morgan fingerprint density at radius 2 is 2.14 bits per heavy atom. The van der Waals surface area contributed by atoms with Crippen LogP contribution in [0.4, 0.5) is 9.52 Å². The Bertz CT molecular complexity index is 1110. The minimum absolute atomic E-state index is 0.0144. The van der Waals surface area contributed by atoms with Gasteiger partial charge in [-0.1, -0.05) is 12.1 Å². The standard InChI is InChI=1S/C18H17FN4O4S2/c19-12-3-1-2-11(8-12)15-9-28-18(20-15)21-17(25)14-4-5-16(24)23(22-14)13-6-7-29(26,27)10-13/h1-3,8-9,13H,4-7,10H2,(H,20,21,25). The van der Waals surface area contributed by atoms with Crippen molar-refractivity contribution in [3.05, 3.63) is 35.5 Å². The number of hydrogen-bond donors (Lipinski definition) is 1. The van der Waals surface area contributed by atoms with Gasteiger partial charge < -0.3 is 0 Å². The highest BCUT2D eigenvalue weighted by Gasteiger charge is 2.37. The fourth-order valence-corrected chi connectivity index (χ4v) is 5.68. The maximum atomic E-state index is 13.4. The predicted octanol–water partition coefficient (Wildman–Crippen LogP) is 2.05. The molecule has 0 spiro atoms. The molecule has 0 bridgehead atoms. The van der Waals surface area contributed by atoms with E-state index in [0.29, 0.717) is 22.8 Å². The molecule has 29 heavy (non-hydrogen) atoms.